The van der Waals surface area contributed by atoms with E-state index in [0.717, 1.165) is 16.2 Å². The quantitative estimate of drug-likeness (QED) is 0.489. The summed E-state index contributed by atoms with van der Waals surface area (Å²) in [6.45, 7) is -0.0509. The highest BCUT2D eigenvalue weighted by Gasteiger charge is 2.26. The van der Waals surface area contributed by atoms with Gasteiger partial charge in [0, 0.05) is 41.9 Å². The Hall–Kier alpha value is -3.98. The van der Waals surface area contributed by atoms with E-state index in [-0.39, 0.29) is 37.1 Å². The Bertz CT molecular complexity index is 1300. The molecule has 2 N–H and O–H groups in total. The fourth-order valence-corrected chi connectivity index (χ4v) is 4.33. The van der Waals surface area contributed by atoms with E-state index in [4.69, 9.17) is 0 Å². The first-order valence-electron chi connectivity index (χ1n) is 10.1. The molecule has 1 aliphatic heterocycles. The lowest BCUT2D eigenvalue weighted by Crippen LogP contribution is -2.42. The molecule has 0 aliphatic carbocycles. The summed E-state index contributed by atoms with van der Waals surface area (Å²) in [6.07, 6.45) is 3.96. The Morgan fingerprint density at radius 2 is 1.91 bits per heavy atom. The molecule has 8 nitrogen and oxygen atoms in total. The largest absolute Gasteiger partial charge is 0.326 e. The molecule has 32 heavy (non-hydrogen) atoms. The zero-order valence-electron chi connectivity index (χ0n) is 16.9. The molecule has 0 unspecified atom stereocenters. The minimum absolute atomic E-state index is 0.0108. The Balaban J connectivity index is 1.19. The van der Waals surface area contributed by atoms with E-state index in [1.54, 1.807) is 35.6 Å². The average molecular weight is 446 g/mol. The van der Waals surface area contributed by atoms with Crippen LogP contribution in [-0.2, 0) is 14.4 Å². The lowest BCUT2D eigenvalue weighted by Gasteiger charge is -2.29. The lowest BCUT2D eigenvalue weighted by atomic mass is 10.1. The average Bonchev–Trinajstić information content (AvgIpc) is 3.40. The fraction of sp³-hybridized carbons (Fsp3) is 0.130. The van der Waals surface area contributed by atoms with Gasteiger partial charge in [-0.25, -0.2) is 4.98 Å². The van der Waals surface area contributed by atoms with Crippen molar-refractivity contribution in [2.75, 3.05) is 22.1 Å². The summed E-state index contributed by atoms with van der Waals surface area (Å²) in [6, 6.07) is 14.5. The maximum Gasteiger partial charge on any atom is 0.244 e. The van der Waals surface area contributed by atoms with Crippen LogP contribution >= 0.6 is 11.3 Å². The number of nitrogens with zero attached hydrogens (tertiary/aromatic N) is 3. The number of imidazole rings is 1. The minimum Gasteiger partial charge on any atom is -0.326 e. The first kappa shape index (κ1) is 20.0. The van der Waals surface area contributed by atoms with Crippen molar-refractivity contribution in [3.05, 3.63) is 66.3 Å². The van der Waals surface area contributed by atoms with Crippen molar-refractivity contribution in [2.45, 2.75) is 12.8 Å². The van der Waals surface area contributed by atoms with Gasteiger partial charge in [-0.2, -0.15) is 0 Å². The number of nitrogens with one attached hydrogen (secondary N) is 2. The van der Waals surface area contributed by atoms with E-state index < -0.39 is 0 Å². The highest BCUT2D eigenvalue weighted by atomic mass is 32.1. The first-order chi connectivity index (χ1) is 15.6. The Morgan fingerprint density at radius 1 is 1.09 bits per heavy atom. The number of amides is 3. The molecule has 9 heteroatoms. The number of carbonyl (C=O) groups excluding carboxylic acids is 3. The van der Waals surface area contributed by atoms with Crippen molar-refractivity contribution in [3.8, 4) is 11.3 Å². The molecule has 0 spiro atoms. The summed E-state index contributed by atoms with van der Waals surface area (Å²) in [4.78, 5) is 43.9. The highest BCUT2D eigenvalue weighted by Crippen LogP contribution is 2.29. The number of para-hydroxylation sites is 2. The molecule has 0 saturated carbocycles. The normalized spacial score (nSPS) is 13.0. The van der Waals surface area contributed by atoms with Gasteiger partial charge in [-0.3, -0.25) is 18.8 Å². The number of aromatic nitrogens is 2. The van der Waals surface area contributed by atoms with Gasteiger partial charge in [0.05, 0.1) is 17.1 Å². The molecule has 4 aromatic rings. The van der Waals surface area contributed by atoms with Crippen LogP contribution in [0.3, 0.4) is 0 Å². The number of hydrogen-bond acceptors (Lipinski definition) is 5. The summed E-state index contributed by atoms with van der Waals surface area (Å²) in [5.41, 5.74) is 3.71. The van der Waals surface area contributed by atoms with Crippen molar-refractivity contribution in [1.82, 2.24) is 9.38 Å². The van der Waals surface area contributed by atoms with Crippen LogP contribution in [0.25, 0.3) is 16.2 Å². The predicted octanol–water partition coefficient (Wildman–Crippen LogP) is 3.77. The number of thiazole rings is 1. The SMILES string of the molecule is O=C(CCC(=O)N1CC(=O)Nc2ccccc21)Nc1ccc(-c2cn3ccsc3n2)cc1. The third-order valence-electron chi connectivity index (χ3n) is 5.20. The van der Waals surface area contributed by atoms with E-state index in [0.29, 0.717) is 17.1 Å². The number of rotatable bonds is 5. The van der Waals surface area contributed by atoms with Gasteiger partial charge in [0.2, 0.25) is 17.7 Å². The van der Waals surface area contributed by atoms with Crippen LogP contribution in [0.15, 0.2) is 66.3 Å². The van der Waals surface area contributed by atoms with Crippen molar-refractivity contribution in [2.24, 2.45) is 0 Å². The predicted molar refractivity (Wildman–Crippen MR) is 124 cm³/mol. The number of carbonyl (C=O) groups is 3. The minimum atomic E-state index is -0.266. The van der Waals surface area contributed by atoms with Gasteiger partial charge in [0.15, 0.2) is 4.96 Å². The number of fused-ring (bicyclic) bond motifs is 2. The number of benzene rings is 2. The third-order valence-corrected chi connectivity index (χ3v) is 5.97. The second-order valence-corrected chi connectivity index (χ2v) is 8.26. The van der Waals surface area contributed by atoms with E-state index in [9.17, 15) is 14.4 Å². The molecule has 0 fully saturated rings. The molecule has 2 aromatic heterocycles. The van der Waals surface area contributed by atoms with Gasteiger partial charge >= 0.3 is 0 Å². The molecule has 0 bridgehead atoms. The molecular weight excluding hydrogens is 426 g/mol. The van der Waals surface area contributed by atoms with E-state index in [2.05, 4.69) is 15.6 Å². The highest BCUT2D eigenvalue weighted by molar-refractivity contribution is 7.15. The summed E-state index contributed by atoms with van der Waals surface area (Å²) < 4.78 is 1.97. The molecule has 1 aliphatic rings. The lowest BCUT2D eigenvalue weighted by molar-refractivity contribution is -0.124. The smallest absolute Gasteiger partial charge is 0.244 e. The van der Waals surface area contributed by atoms with E-state index >= 15 is 0 Å². The molecule has 0 radical (unpaired) electrons. The molecule has 0 saturated heterocycles. The van der Waals surface area contributed by atoms with Crippen molar-refractivity contribution < 1.29 is 14.4 Å². The maximum atomic E-state index is 12.7. The zero-order chi connectivity index (χ0) is 22.1. The molecule has 0 atom stereocenters. The van der Waals surface area contributed by atoms with E-state index in [1.165, 1.54) is 4.90 Å². The Kier molecular flexibility index (Phi) is 5.16. The van der Waals surface area contributed by atoms with Gasteiger partial charge < -0.3 is 15.5 Å². The van der Waals surface area contributed by atoms with Gasteiger partial charge in [-0.15, -0.1) is 11.3 Å². The van der Waals surface area contributed by atoms with Crippen molar-refractivity contribution >= 4 is 51.1 Å². The topological polar surface area (TPSA) is 95.8 Å². The second kappa shape index (κ2) is 8.27. The Morgan fingerprint density at radius 3 is 2.72 bits per heavy atom. The van der Waals surface area contributed by atoms with Crippen LogP contribution in [0.1, 0.15) is 12.8 Å². The molecular formula is C23H19N5O3S. The van der Waals surface area contributed by atoms with Crippen LogP contribution in [0, 0.1) is 0 Å². The van der Waals surface area contributed by atoms with Crippen molar-refractivity contribution in [1.29, 1.82) is 0 Å². The van der Waals surface area contributed by atoms with Crippen molar-refractivity contribution in [3.63, 3.8) is 0 Å². The summed E-state index contributed by atoms with van der Waals surface area (Å²) in [5.74, 6) is -0.778. The summed E-state index contributed by atoms with van der Waals surface area (Å²) >= 11 is 1.57. The summed E-state index contributed by atoms with van der Waals surface area (Å²) in [7, 11) is 0. The second-order valence-electron chi connectivity index (χ2n) is 7.39. The van der Waals surface area contributed by atoms with Gasteiger partial charge in [-0.05, 0) is 24.3 Å². The molecule has 2 aromatic carbocycles. The monoisotopic (exact) mass is 445 g/mol. The van der Waals surface area contributed by atoms with Gasteiger partial charge in [0.1, 0.15) is 6.54 Å². The molecule has 5 rings (SSSR count). The van der Waals surface area contributed by atoms with Crippen LogP contribution in [0.2, 0.25) is 0 Å². The van der Waals surface area contributed by atoms with Crippen LogP contribution in [0.4, 0.5) is 17.1 Å². The van der Waals surface area contributed by atoms with Crippen LogP contribution < -0.4 is 15.5 Å². The van der Waals surface area contributed by atoms with Gasteiger partial charge in [0.25, 0.3) is 0 Å². The molecule has 3 heterocycles. The van der Waals surface area contributed by atoms with Gasteiger partial charge in [-0.1, -0.05) is 24.3 Å². The van der Waals surface area contributed by atoms with Crippen LogP contribution in [0.5, 0.6) is 0 Å². The first-order valence-corrected chi connectivity index (χ1v) is 11.0. The molecule has 3 amide bonds. The number of hydrogen-bond donors (Lipinski definition) is 2. The number of anilines is 3. The van der Waals surface area contributed by atoms with E-state index in [1.807, 2.05) is 46.4 Å². The fourth-order valence-electron chi connectivity index (χ4n) is 3.63. The zero-order valence-corrected chi connectivity index (χ0v) is 17.8. The summed E-state index contributed by atoms with van der Waals surface area (Å²) in [5, 5.41) is 7.54. The Labute approximate surface area is 187 Å². The van der Waals surface area contributed by atoms with Crippen LogP contribution in [-0.4, -0.2) is 33.7 Å². The maximum absolute atomic E-state index is 12.7. The third kappa shape index (κ3) is 3.97. The standard InChI is InChI=1S/C23H19N5O3S/c29-20(9-10-22(31)28-14-21(30)25-17-3-1-2-4-19(17)28)24-16-7-5-15(6-8-16)18-13-27-11-12-32-23(27)26-18/h1-8,11-13H,9-10,14H2,(H,24,29)(H,25,30). The molecule has 160 valence electrons.